The van der Waals surface area contributed by atoms with Crippen LogP contribution in [0.15, 0.2) is 66.4 Å². The summed E-state index contributed by atoms with van der Waals surface area (Å²) in [5, 5.41) is 5.39. The van der Waals surface area contributed by atoms with Crippen LogP contribution >= 0.6 is 11.3 Å². The Morgan fingerprint density at radius 3 is 2.58 bits per heavy atom. The molecule has 156 valence electrons. The fourth-order valence-corrected chi connectivity index (χ4v) is 3.54. The molecule has 1 unspecified atom stereocenters. The van der Waals surface area contributed by atoms with Gasteiger partial charge in [-0.3, -0.25) is 14.8 Å². The molecule has 0 saturated heterocycles. The highest BCUT2D eigenvalue weighted by Crippen LogP contribution is 2.30. The van der Waals surface area contributed by atoms with Gasteiger partial charge in [-0.25, -0.2) is 4.98 Å². The quantitative estimate of drug-likeness (QED) is 0.437. The highest BCUT2D eigenvalue weighted by molar-refractivity contribution is 7.11. The Balaban J connectivity index is 1.64. The van der Waals surface area contributed by atoms with Gasteiger partial charge >= 0.3 is 0 Å². The van der Waals surface area contributed by atoms with E-state index in [9.17, 15) is 4.79 Å². The number of hydrogen-bond acceptors (Lipinski definition) is 6. The van der Waals surface area contributed by atoms with E-state index >= 15 is 0 Å². The van der Waals surface area contributed by atoms with E-state index in [2.05, 4.69) is 20.3 Å². The number of ether oxygens (including phenoxy) is 1. The summed E-state index contributed by atoms with van der Waals surface area (Å²) in [5.41, 5.74) is 4.98. The lowest BCUT2D eigenvalue weighted by atomic mass is 10.0. The molecule has 0 saturated carbocycles. The molecular formula is C24H22N4O2S. The summed E-state index contributed by atoms with van der Waals surface area (Å²) in [6, 6.07) is 13.0. The molecule has 0 aliphatic carbocycles. The maximum atomic E-state index is 13.1. The average Bonchev–Trinajstić information content (AvgIpc) is 3.27. The number of rotatable bonds is 6. The van der Waals surface area contributed by atoms with Gasteiger partial charge in [-0.05, 0) is 62.2 Å². The largest absolute Gasteiger partial charge is 0.431 e. The van der Waals surface area contributed by atoms with Crippen LogP contribution in [-0.2, 0) is 0 Å². The Bertz CT molecular complexity index is 1170. The maximum absolute atomic E-state index is 13.1. The molecule has 0 fully saturated rings. The Morgan fingerprint density at radius 1 is 1.03 bits per heavy atom. The van der Waals surface area contributed by atoms with Crippen LogP contribution in [0.4, 0.5) is 0 Å². The van der Waals surface area contributed by atoms with Crippen molar-refractivity contribution in [1.29, 1.82) is 0 Å². The van der Waals surface area contributed by atoms with E-state index in [1.165, 1.54) is 11.3 Å². The van der Waals surface area contributed by atoms with Crippen LogP contribution in [0.3, 0.4) is 0 Å². The molecular weight excluding hydrogens is 408 g/mol. The van der Waals surface area contributed by atoms with Crippen molar-refractivity contribution in [3.63, 3.8) is 0 Å². The summed E-state index contributed by atoms with van der Waals surface area (Å²) in [7, 11) is 0. The minimum absolute atomic E-state index is 0.190. The van der Waals surface area contributed by atoms with Crippen LogP contribution in [-0.4, -0.2) is 20.9 Å². The van der Waals surface area contributed by atoms with Gasteiger partial charge in [0.15, 0.2) is 0 Å². The number of amides is 1. The molecule has 7 heteroatoms. The van der Waals surface area contributed by atoms with Crippen molar-refractivity contribution < 1.29 is 9.53 Å². The zero-order valence-electron chi connectivity index (χ0n) is 17.5. The van der Waals surface area contributed by atoms with Gasteiger partial charge in [0.25, 0.3) is 11.1 Å². The highest BCUT2D eigenvalue weighted by atomic mass is 32.1. The van der Waals surface area contributed by atoms with Gasteiger partial charge in [0.2, 0.25) is 0 Å². The zero-order chi connectivity index (χ0) is 21.8. The third-order valence-corrected chi connectivity index (χ3v) is 5.42. The molecule has 0 aliphatic heterocycles. The molecule has 4 aromatic rings. The molecule has 1 N–H and O–H groups in total. The van der Waals surface area contributed by atoms with E-state index in [1.807, 2.05) is 62.5 Å². The van der Waals surface area contributed by atoms with E-state index in [4.69, 9.17) is 4.74 Å². The fraction of sp³-hybridized carbons (Fsp3) is 0.167. The summed E-state index contributed by atoms with van der Waals surface area (Å²) in [6.07, 6.45) is 5.26. The van der Waals surface area contributed by atoms with Crippen molar-refractivity contribution in [1.82, 2.24) is 20.3 Å². The average molecular weight is 431 g/mol. The molecule has 4 rings (SSSR count). The monoisotopic (exact) mass is 430 g/mol. The Kier molecular flexibility index (Phi) is 6.04. The van der Waals surface area contributed by atoms with E-state index in [0.29, 0.717) is 16.5 Å². The topological polar surface area (TPSA) is 77.0 Å². The van der Waals surface area contributed by atoms with Gasteiger partial charge in [0.05, 0.1) is 11.7 Å². The summed E-state index contributed by atoms with van der Waals surface area (Å²) >= 11 is 1.39. The summed E-state index contributed by atoms with van der Waals surface area (Å²) in [4.78, 5) is 26.0. The maximum Gasteiger partial charge on any atom is 0.278 e. The van der Waals surface area contributed by atoms with Crippen molar-refractivity contribution in [3.05, 3.63) is 88.8 Å². The molecule has 3 aromatic heterocycles. The third kappa shape index (κ3) is 5.13. The van der Waals surface area contributed by atoms with Gasteiger partial charge in [0.1, 0.15) is 5.75 Å². The third-order valence-electron chi connectivity index (χ3n) is 4.77. The predicted octanol–water partition coefficient (Wildman–Crippen LogP) is 5.50. The predicted molar refractivity (Wildman–Crippen MR) is 121 cm³/mol. The molecule has 31 heavy (non-hydrogen) atoms. The number of aromatic nitrogens is 3. The number of nitrogens with zero attached hydrogens (tertiary/aromatic N) is 3. The van der Waals surface area contributed by atoms with Crippen molar-refractivity contribution >= 4 is 17.2 Å². The van der Waals surface area contributed by atoms with E-state index in [-0.39, 0.29) is 11.9 Å². The van der Waals surface area contributed by atoms with Crippen LogP contribution in [0.1, 0.15) is 40.1 Å². The standard InChI is InChI=1S/C24H22N4O2S/c1-15-4-7-22(27-13-15)19-10-20(12-21(11-19)30-24-25-8-9-31-24)23(29)28-17(3)18-6-5-16(2)26-14-18/h4-14,17H,1-3H3,(H,28,29). The van der Waals surface area contributed by atoms with Gasteiger partial charge in [-0.2, -0.15) is 0 Å². The number of carbonyl (C=O) groups excluding carboxylic acids is 1. The summed E-state index contributed by atoms with van der Waals surface area (Å²) in [5.74, 6) is 0.329. The van der Waals surface area contributed by atoms with E-state index < -0.39 is 0 Å². The molecule has 3 heterocycles. The van der Waals surface area contributed by atoms with Gasteiger partial charge in [0, 0.05) is 40.8 Å². The van der Waals surface area contributed by atoms with Crippen molar-refractivity contribution in [2.75, 3.05) is 0 Å². The number of carbonyl (C=O) groups is 1. The van der Waals surface area contributed by atoms with Crippen LogP contribution in [0.5, 0.6) is 10.9 Å². The van der Waals surface area contributed by atoms with Gasteiger partial charge in [-0.1, -0.05) is 23.5 Å². The second-order valence-corrected chi connectivity index (χ2v) is 8.15. The van der Waals surface area contributed by atoms with Crippen molar-refractivity contribution in [3.8, 4) is 22.2 Å². The first kappa shape index (κ1) is 20.7. The molecule has 1 aromatic carbocycles. The summed E-state index contributed by atoms with van der Waals surface area (Å²) in [6.45, 7) is 5.85. The molecule has 1 amide bonds. The fourth-order valence-electron chi connectivity index (χ4n) is 3.04. The van der Waals surface area contributed by atoms with Crippen LogP contribution in [0.25, 0.3) is 11.3 Å². The number of hydrogen-bond donors (Lipinski definition) is 1. The first-order valence-electron chi connectivity index (χ1n) is 9.87. The Labute approximate surface area is 185 Å². The van der Waals surface area contributed by atoms with E-state index in [1.54, 1.807) is 24.7 Å². The molecule has 0 radical (unpaired) electrons. The zero-order valence-corrected chi connectivity index (χ0v) is 18.3. The first-order chi connectivity index (χ1) is 15.0. The van der Waals surface area contributed by atoms with Crippen molar-refractivity contribution in [2.45, 2.75) is 26.8 Å². The van der Waals surface area contributed by atoms with E-state index in [0.717, 1.165) is 28.1 Å². The van der Waals surface area contributed by atoms with Crippen LogP contribution in [0, 0.1) is 13.8 Å². The lowest BCUT2D eigenvalue weighted by Gasteiger charge is -2.15. The summed E-state index contributed by atoms with van der Waals surface area (Å²) < 4.78 is 5.89. The number of thiazole rings is 1. The van der Waals surface area contributed by atoms with Gasteiger partial charge in [-0.15, -0.1) is 0 Å². The molecule has 0 spiro atoms. The van der Waals surface area contributed by atoms with Crippen molar-refractivity contribution in [2.24, 2.45) is 0 Å². The minimum Gasteiger partial charge on any atom is -0.431 e. The van der Waals surface area contributed by atoms with Gasteiger partial charge < -0.3 is 10.1 Å². The highest BCUT2D eigenvalue weighted by Gasteiger charge is 2.15. The second-order valence-electron chi connectivity index (χ2n) is 7.29. The van der Waals surface area contributed by atoms with Crippen LogP contribution < -0.4 is 10.1 Å². The lowest BCUT2D eigenvalue weighted by Crippen LogP contribution is -2.26. The first-order valence-corrected chi connectivity index (χ1v) is 10.7. The number of pyridine rings is 2. The Morgan fingerprint density at radius 2 is 1.90 bits per heavy atom. The molecule has 1 atom stereocenters. The molecule has 6 nitrogen and oxygen atoms in total. The Hall–Kier alpha value is -3.58. The molecule has 0 aliphatic rings. The lowest BCUT2D eigenvalue weighted by molar-refractivity contribution is 0.0939. The molecule has 0 bridgehead atoms. The second kappa shape index (κ2) is 9.06. The normalized spacial score (nSPS) is 11.7. The smallest absolute Gasteiger partial charge is 0.278 e. The minimum atomic E-state index is -0.203. The number of aryl methyl sites for hydroxylation is 2. The van der Waals surface area contributed by atoms with Crippen LogP contribution in [0.2, 0.25) is 0 Å². The number of nitrogens with one attached hydrogen (secondary N) is 1. The SMILES string of the molecule is Cc1ccc(-c2cc(Oc3nccs3)cc(C(=O)NC(C)c3ccc(C)nc3)c2)nc1. The number of benzene rings is 1.